The summed E-state index contributed by atoms with van der Waals surface area (Å²) in [6, 6.07) is 23.1. The molecule has 6 rings (SSSR count). The van der Waals surface area contributed by atoms with Crippen molar-refractivity contribution in [2.24, 2.45) is 5.92 Å². The smallest absolute Gasteiger partial charge is 0.0827 e. The van der Waals surface area contributed by atoms with Crippen LogP contribution in [-0.4, -0.2) is 37.9 Å². The van der Waals surface area contributed by atoms with E-state index in [9.17, 15) is 5.11 Å². The van der Waals surface area contributed by atoms with Gasteiger partial charge >= 0.3 is 0 Å². The second kappa shape index (κ2) is 10.0. The van der Waals surface area contributed by atoms with Crippen molar-refractivity contribution < 1.29 is 5.11 Å². The number of benzene rings is 2. The molecule has 36 heavy (non-hydrogen) atoms. The van der Waals surface area contributed by atoms with E-state index in [2.05, 4.69) is 75.1 Å². The Hall–Kier alpha value is -3.87. The molecular weight excluding hydrogens is 446 g/mol. The van der Waals surface area contributed by atoms with Crippen LogP contribution in [0.3, 0.4) is 0 Å². The van der Waals surface area contributed by atoms with E-state index < -0.39 is 0 Å². The molecule has 6 nitrogen and oxygen atoms in total. The van der Waals surface area contributed by atoms with Crippen LogP contribution in [0, 0.1) is 5.92 Å². The molecule has 0 aliphatic heterocycles. The summed E-state index contributed by atoms with van der Waals surface area (Å²) in [6.45, 7) is 1.38. The van der Waals surface area contributed by atoms with Crippen molar-refractivity contribution in [2.75, 3.05) is 6.54 Å². The molecule has 1 aliphatic carbocycles. The second-order valence-electron chi connectivity index (χ2n) is 9.55. The Balaban J connectivity index is 1.33. The van der Waals surface area contributed by atoms with Gasteiger partial charge in [0, 0.05) is 47.6 Å². The van der Waals surface area contributed by atoms with Crippen molar-refractivity contribution in [1.82, 2.24) is 25.5 Å². The van der Waals surface area contributed by atoms with Crippen LogP contribution in [-0.2, 0) is 6.54 Å². The molecule has 3 N–H and O–H groups in total. The Kier molecular flexibility index (Phi) is 6.28. The number of H-pyrrole nitrogens is 1. The number of aromatic amines is 1. The first-order valence-corrected chi connectivity index (χ1v) is 12.6. The summed E-state index contributed by atoms with van der Waals surface area (Å²) in [5.41, 5.74) is 8.07. The average molecular weight is 476 g/mol. The van der Waals surface area contributed by atoms with E-state index in [1.165, 1.54) is 12.0 Å². The van der Waals surface area contributed by atoms with Crippen molar-refractivity contribution in [1.29, 1.82) is 0 Å². The first-order chi connectivity index (χ1) is 17.8. The summed E-state index contributed by atoms with van der Waals surface area (Å²) < 4.78 is 0. The third kappa shape index (κ3) is 4.53. The average Bonchev–Trinajstić information content (AvgIpc) is 3.42. The molecule has 1 aliphatic rings. The highest BCUT2D eigenvalue weighted by molar-refractivity contribution is 5.98. The highest BCUT2D eigenvalue weighted by Crippen LogP contribution is 2.36. The maximum Gasteiger partial charge on any atom is 0.0827 e. The van der Waals surface area contributed by atoms with Crippen LogP contribution < -0.4 is 5.32 Å². The summed E-state index contributed by atoms with van der Waals surface area (Å²) in [6.07, 6.45) is 8.76. The lowest BCUT2D eigenvalue weighted by Gasteiger charge is -2.30. The molecule has 3 aromatic heterocycles. The van der Waals surface area contributed by atoms with Gasteiger partial charge in [0.1, 0.15) is 0 Å². The summed E-state index contributed by atoms with van der Waals surface area (Å²) in [4.78, 5) is 9.76. The fourth-order valence-electron chi connectivity index (χ4n) is 4.90. The predicted molar refractivity (Wildman–Crippen MR) is 143 cm³/mol. The van der Waals surface area contributed by atoms with E-state index >= 15 is 0 Å². The zero-order valence-electron chi connectivity index (χ0n) is 20.1. The van der Waals surface area contributed by atoms with Crippen molar-refractivity contribution in [2.45, 2.75) is 31.9 Å². The molecule has 0 bridgehead atoms. The number of aromatic nitrogens is 4. The number of hydrogen-bond acceptors (Lipinski definition) is 5. The van der Waals surface area contributed by atoms with Crippen LogP contribution in [0.1, 0.15) is 24.8 Å². The Bertz CT molecular complexity index is 1440. The number of nitrogens with one attached hydrogen (secondary N) is 2. The van der Waals surface area contributed by atoms with Crippen LogP contribution in [0.4, 0.5) is 0 Å². The summed E-state index contributed by atoms with van der Waals surface area (Å²) in [7, 11) is 0. The van der Waals surface area contributed by atoms with Gasteiger partial charge in [-0.2, -0.15) is 5.10 Å². The molecule has 0 amide bonds. The van der Waals surface area contributed by atoms with E-state index in [1.807, 2.05) is 18.3 Å². The Labute approximate surface area is 210 Å². The molecule has 3 heterocycles. The van der Waals surface area contributed by atoms with Gasteiger partial charge in [0.25, 0.3) is 0 Å². The largest absolute Gasteiger partial charge is 0.392 e. The number of pyridine rings is 2. The number of hydrogen-bond donors (Lipinski definition) is 3. The third-order valence-corrected chi connectivity index (χ3v) is 7.20. The lowest BCUT2D eigenvalue weighted by Crippen LogP contribution is -2.35. The molecule has 0 radical (unpaired) electrons. The standard InChI is InChI=1S/C30H29N5O/c36-28(22-7-4-8-22)19-31-16-20-9-11-23(12-10-20)30-25(21-5-2-1-3-6-21)15-26-27(35-30)13-14-32-29(26)24-17-33-34-18-24/h1-3,5-6,9-15,17-18,22,28,31,36H,4,7-8,16,19H2,(H,33,34). The van der Waals surface area contributed by atoms with Gasteiger partial charge in [-0.1, -0.05) is 61.0 Å². The zero-order valence-corrected chi connectivity index (χ0v) is 20.1. The van der Waals surface area contributed by atoms with Gasteiger partial charge in [0.2, 0.25) is 0 Å². The zero-order chi connectivity index (χ0) is 24.3. The lowest BCUT2D eigenvalue weighted by atomic mass is 9.81. The number of nitrogens with zero attached hydrogens (tertiary/aromatic N) is 3. The number of fused-ring (bicyclic) bond motifs is 1. The molecule has 1 saturated carbocycles. The monoisotopic (exact) mass is 475 g/mol. The maximum absolute atomic E-state index is 10.3. The van der Waals surface area contributed by atoms with E-state index in [0.29, 0.717) is 12.5 Å². The molecule has 6 heteroatoms. The van der Waals surface area contributed by atoms with Gasteiger partial charge in [-0.3, -0.25) is 10.1 Å². The SMILES string of the molecule is OC(CNCc1ccc(-c2nc3ccnc(-c4cn[nH]c4)c3cc2-c2ccccc2)cc1)C1CCC1. The minimum Gasteiger partial charge on any atom is -0.392 e. The summed E-state index contributed by atoms with van der Waals surface area (Å²) >= 11 is 0. The van der Waals surface area contributed by atoms with Crippen LogP contribution in [0.2, 0.25) is 0 Å². The van der Waals surface area contributed by atoms with Gasteiger partial charge in [-0.05, 0) is 42.0 Å². The molecule has 0 spiro atoms. The van der Waals surface area contributed by atoms with Gasteiger partial charge in [0.15, 0.2) is 0 Å². The topological polar surface area (TPSA) is 86.7 Å². The van der Waals surface area contributed by atoms with E-state index in [4.69, 9.17) is 4.98 Å². The first-order valence-electron chi connectivity index (χ1n) is 12.6. The number of aliphatic hydroxyl groups is 1. The van der Waals surface area contributed by atoms with Crippen molar-refractivity contribution >= 4 is 10.9 Å². The fraction of sp³-hybridized carbons (Fsp3) is 0.233. The molecular formula is C30H29N5O. The van der Waals surface area contributed by atoms with Crippen molar-refractivity contribution in [3.05, 3.63) is 90.9 Å². The minimum atomic E-state index is -0.241. The Morgan fingerprint density at radius 3 is 2.50 bits per heavy atom. The third-order valence-electron chi connectivity index (χ3n) is 7.20. The van der Waals surface area contributed by atoms with Crippen molar-refractivity contribution in [3.8, 4) is 33.6 Å². The minimum absolute atomic E-state index is 0.241. The molecule has 1 atom stereocenters. The summed E-state index contributed by atoms with van der Waals surface area (Å²) in [5, 5.41) is 21.7. The normalized spacial score (nSPS) is 14.6. The Morgan fingerprint density at radius 1 is 0.944 bits per heavy atom. The molecule has 180 valence electrons. The first kappa shape index (κ1) is 22.6. The van der Waals surface area contributed by atoms with Gasteiger partial charge in [-0.15, -0.1) is 0 Å². The Morgan fingerprint density at radius 2 is 1.78 bits per heavy atom. The molecule has 1 unspecified atom stereocenters. The van der Waals surface area contributed by atoms with Crippen LogP contribution in [0.5, 0.6) is 0 Å². The molecule has 2 aromatic carbocycles. The second-order valence-corrected chi connectivity index (χ2v) is 9.55. The molecule has 0 saturated heterocycles. The summed E-state index contributed by atoms with van der Waals surface area (Å²) in [5.74, 6) is 0.472. The number of aliphatic hydroxyl groups excluding tert-OH is 1. The van der Waals surface area contributed by atoms with E-state index in [1.54, 1.807) is 12.4 Å². The molecule has 5 aromatic rings. The molecule has 1 fully saturated rings. The quantitative estimate of drug-likeness (QED) is 0.272. The number of rotatable bonds is 8. The lowest BCUT2D eigenvalue weighted by molar-refractivity contribution is 0.0622. The highest BCUT2D eigenvalue weighted by atomic mass is 16.3. The van der Waals surface area contributed by atoms with Crippen LogP contribution in [0.25, 0.3) is 44.5 Å². The maximum atomic E-state index is 10.3. The fourth-order valence-corrected chi connectivity index (χ4v) is 4.90. The van der Waals surface area contributed by atoms with Crippen LogP contribution in [0.15, 0.2) is 85.3 Å². The van der Waals surface area contributed by atoms with E-state index in [0.717, 1.165) is 63.9 Å². The van der Waals surface area contributed by atoms with Crippen LogP contribution >= 0.6 is 0 Å². The van der Waals surface area contributed by atoms with Gasteiger partial charge in [-0.25, -0.2) is 4.98 Å². The van der Waals surface area contributed by atoms with E-state index in [-0.39, 0.29) is 6.10 Å². The highest BCUT2D eigenvalue weighted by Gasteiger charge is 2.24. The van der Waals surface area contributed by atoms with Gasteiger partial charge in [0.05, 0.1) is 29.2 Å². The van der Waals surface area contributed by atoms with Gasteiger partial charge < -0.3 is 10.4 Å². The predicted octanol–water partition coefficient (Wildman–Crippen LogP) is 5.60. The van der Waals surface area contributed by atoms with Crippen molar-refractivity contribution in [3.63, 3.8) is 0 Å².